The molecule has 1 saturated heterocycles. The lowest BCUT2D eigenvalue weighted by Crippen LogP contribution is -2.43. The quantitative estimate of drug-likeness (QED) is 0.626. The van der Waals surface area contributed by atoms with Crippen LogP contribution in [0.3, 0.4) is 0 Å². The second-order valence-corrected chi connectivity index (χ2v) is 4.49. The maximum atomic E-state index is 11.6. The van der Waals surface area contributed by atoms with Gasteiger partial charge < -0.3 is 20.1 Å². The minimum Gasteiger partial charge on any atom is -0.382 e. The number of piperidine rings is 1. The number of rotatable bonds is 7. The zero-order valence-corrected chi connectivity index (χ0v) is 10.8. The van der Waals surface area contributed by atoms with Crippen LogP contribution in [0.25, 0.3) is 0 Å². The van der Waals surface area contributed by atoms with Crippen LogP contribution in [-0.4, -0.2) is 52.0 Å². The maximum Gasteiger partial charge on any atom is 0.246 e. The third-order valence-electron chi connectivity index (χ3n) is 3.14. The molecule has 0 radical (unpaired) electrons. The summed E-state index contributed by atoms with van der Waals surface area (Å²) in [7, 11) is 1.61. The molecule has 100 valence electrons. The average Bonchev–Trinajstić information content (AvgIpc) is 2.36. The number of nitrogens with one attached hydrogen (secondary N) is 2. The Labute approximate surface area is 103 Å². The van der Waals surface area contributed by atoms with Crippen molar-refractivity contribution in [2.75, 3.05) is 40.0 Å². The first kappa shape index (κ1) is 14.4. The van der Waals surface area contributed by atoms with Gasteiger partial charge in [0.2, 0.25) is 5.91 Å². The zero-order chi connectivity index (χ0) is 12.5. The summed E-state index contributed by atoms with van der Waals surface area (Å²) in [5.41, 5.74) is 0. The van der Waals surface area contributed by atoms with E-state index < -0.39 is 0 Å². The van der Waals surface area contributed by atoms with Crippen molar-refractivity contribution in [2.45, 2.75) is 25.8 Å². The molecule has 17 heavy (non-hydrogen) atoms. The molecule has 0 aromatic heterocycles. The Hall–Kier alpha value is -0.650. The lowest BCUT2D eigenvalue weighted by molar-refractivity contribution is -0.127. The van der Waals surface area contributed by atoms with Crippen molar-refractivity contribution in [1.82, 2.24) is 10.6 Å². The highest BCUT2D eigenvalue weighted by Crippen LogP contribution is 2.15. The topological polar surface area (TPSA) is 59.6 Å². The monoisotopic (exact) mass is 244 g/mol. The van der Waals surface area contributed by atoms with Gasteiger partial charge >= 0.3 is 0 Å². The van der Waals surface area contributed by atoms with Crippen molar-refractivity contribution < 1.29 is 14.3 Å². The van der Waals surface area contributed by atoms with E-state index in [2.05, 4.69) is 17.6 Å². The third-order valence-corrected chi connectivity index (χ3v) is 3.14. The Kier molecular flexibility index (Phi) is 7.16. The average molecular weight is 244 g/mol. The molecule has 0 saturated carbocycles. The van der Waals surface area contributed by atoms with E-state index in [1.54, 1.807) is 7.11 Å². The molecule has 2 N–H and O–H groups in total. The Balaban J connectivity index is 2.11. The lowest BCUT2D eigenvalue weighted by atomic mass is 9.91. The van der Waals surface area contributed by atoms with Gasteiger partial charge in [-0.3, -0.25) is 4.79 Å². The molecule has 1 amide bonds. The smallest absolute Gasteiger partial charge is 0.246 e. The molecule has 1 fully saturated rings. The molecule has 5 heteroatoms. The lowest BCUT2D eigenvalue weighted by Gasteiger charge is -2.28. The zero-order valence-electron chi connectivity index (χ0n) is 10.8. The fraction of sp³-hybridized carbons (Fsp3) is 0.917. The van der Waals surface area contributed by atoms with E-state index in [1.165, 1.54) is 0 Å². The Morgan fingerprint density at radius 3 is 2.76 bits per heavy atom. The molecule has 0 spiro atoms. The van der Waals surface area contributed by atoms with E-state index in [4.69, 9.17) is 9.47 Å². The van der Waals surface area contributed by atoms with Gasteiger partial charge in [-0.25, -0.2) is 0 Å². The van der Waals surface area contributed by atoms with Crippen LogP contribution in [0, 0.1) is 5.92 Å². The summed E-state index contributed by atoms with van der Waals surface area (Å²) in [5, 5.41) is 6.31. The van der Waals surface area contributed by atoms with Crippen molar-refractivity contribution >= 4 is 5.91 Å². The maximum absolute atomic E-state index is 11.6. The molecule has 1 unspecified atom stereocenters. The highest BCUT2D eigenvalue weighted by Gasteiger charge is 2.20. The first-order chi connectivity index (χ1) is 8.24. The van der Waals surface area contributed by atoms with Crippen LogP contribution in [-0.2, 0) is 14.3 Å². The van der Waals surface area contributed by atoms with Gasteiger partial charge in [-0.1, -0.05) is 0 Å². The molecule has 1 rings (SSSR count). The third kappa shape index (κ3) is 6.00. The van der Waals surface area contributed by atoms with Gasteiger partial charge in [0.05, 0.1) is 13.2 Å². The van der Waals surface area contributed by atoms with E-state index in [0.717, 1.165) is 25.9 Å². The molecule has 1 aliphatic rings. The van der Waals surface area contributed by atoms with Crippen LogP contribution in [0.2, 0.25) is 0 Å². The molecule has 1 heterocycles. The van der Waals surface area contributed by atoms with Crippen molar-refractivity contribution in [1.29, 1.82) is 0 Å². The molecule has 5 nitrogen and oxygen atoms in total. The Morgan fingerprint density at radius 2 is 2.12 bits per heavy atom. The van der Waals surface area contributed by atoms with Crippen molar-refractivity contribution in [3.8, 4) is 0 Å². The minimum absolute atomic E-state index is 0.0351. The van der Waals surface area contributed by atoms with Gasteiger partial charge in [0.25, 0.3) is 0 Å². The van der Waals surface area contributed by atoms with E-state index in [-0.39, 0.29) is 18.6 Å². The molecule has 1 atom stereocenters. The summed E-state index contributed by atoms with van der Waals surface area (Å²) in [5.74, 6) is 0.548. The number of carbonyl (C=O) groups is 1. The molecule has 1 aliphatic heterocycles. The summed E-state index contributed by atoms with van der Waals surface area (Å²) in [4.78, 5) is 11.6. The predicted octanol–water partition coefficient (Wildman–Crippen LogP) is 0.154. The first-order valence-electron chi connectivity index (χ1n) is 6.30. The van der Waals surface area contributed by atoms with Gasteiger partial charge in [0, 0.05) is 13.2 Å². The summed E-state index contributed by atoms with van der Waals surface area (Å²) >= 11 is 0. The fourth-order valence-electron chi connectivity index (χ4n) is 2.06. The molecular formula is C12H24N2O3. The molecule has 0 bridgehead atoms. The number of hydrogen-bond acceptors (Lipinski definition) is 4. The van der Waals surface area contributed by atoms with Crippen LogP contribution in [0.4, 0.5) is 0 Å². The van der Waals surface area contributed by atoms with Crippen molar-refractivity contribution in [2.24, 2.45) is 5.92 Å². The number of methoxy groups -OCH3 is 1. The van der Waals surface area contributed by atoms with Gasteiger partial charge in [0.15, 0.2) is 0 Å². The van der Waals surface area contributed by atoms with E-state index in [0.29, 0.717) is 19.1 Å². The first-order valence-corrected chi connectivity index (χ1v) is 6.30. The minimum atomic E-state index is -0.0351. The van der Waals surface area contributed by atoms with E-state index in [9.17, 15) is 4.79 Å². The van der Waals surface area contributed by atoms with Crippen molar-refractivity contribution in [3.63, 3.8) is 0 Å². The highest BCUT2D eigenvalue weighted by molar-refractivity contribution is 5.77. The highest BCUT2D eigenvalue weighted by atomic mass is 16.5. The van der Waals surface area contributed by atoms with E-state index >= 15 is 0 Å². The van der Waals surface area contributed by atoms with Crippen LogP contribution < -0.4 is 10.6 Å². The van der Waals surface area contributed by atoms with Crippen molar-refractivity contribution in [3.05, 3.63) is 0 Å². The Morgan fingerprint density at radius 1 is 1.41 bits per heavy atom. The summed E-state index contributed by atoms with van der Waals surface area (Å²) in [6, 6.07) is 0.232. The van der Waals surface area contributed by atoms with Gasteiger partial charge in [-0.2, -0.15) is 0 Å². The standard InChI is InChI=1S/C12H24N2O3/c1-10(11-3-5-13-6-4-11)14-12(15)9-17-8-7-16-2/h10-11,13H,3-9H2,1-2H3,(H,14,15). The molecular weight excluding hydrogens is 220 g/mol. The molecule has 0 aromatic carbocycles. The number of hydrogen-bond donors (Lipinski definition) is 2. The number of carbonyl (C=O) groups excluding carboxylic acids is 1. The van der Waals surface area contributed by atoms with Crippen LogP contribution in [0.1, 0.15) is 19.8 Å². The van der Waals surface area contributed by atoms with Gasteiger partial charge in [0.1, 0.15) is 6.61 Å². The van der Waals surface area contributed by atoms with Crippen LogP contribution in [0.15, 0.2) is 0 Å². The number of ether oxygens (including phenoxy) is 2. The second-order valence-electron chi connectivity index (χ2n) is 4.49. The summed E-state index contributed by atoms with van der Waals surface area (Å²) in [6.45, 7) is 5.29. The fourth-order valence-corrected chi connectivity index (χ4v) is 2.06. The largest absolute Gasteiger partial charge is 0.382 e. The normalized spacial score (nSPS) is 18.9. The van der Waals surface area contributed by atoms with Crippen LogP contribution in [0.5, 0.6) is 0 Å². The summed E-state index contributed by atoms with van der Waals surface area (Å²) in [6.07, 6.45) is 2.26. The van der Waals surface area contributed by atoms with E-state index in [1.807, 2.05) is 0 Å². The summed E-state index contributed by atoms with van der Waals surface area (Å²) < 4.78 is 10.0. The number of amides is 1. The molecule has 0 aromatic rings. The van der Waals surface area contributed by atoms with Gasteiger partial charge in [-0.05, 0) is 38.8 Å². The predicted molar refractivity (Wildman–Crippen MR) is 65.9 cm³/mol. The Bertz CT molecular complexity index is 218. The SMILES string of the molecule is COCCOCC(=O)NC(C)C1CCNCC1. The van der Waals surface area contributed by atoms with Gasteiger partial charge in [-0.15, -0.1) is 0 Å². The van der Waals surface area contributed by atoms with Crippen LogP contribution >= 0.6 is 0 Å². The molecule has 0 aliphatic carbocycles. The second kappa shape index (κ2) is 8.44.